The van der Waals surface area contributed by atoms with E-state index in [4.69, 9.17) is 0 Å². The number of likely N-dealkylation sites (N-methyl/N-ethyl adjacent to an activating group) is 1. The number of hydrogen-bond donors (Lipinski definition) is 1. The van der Waals surface area contributed by atoms with Crippen molar-refractivity contribution >= 4 is 33.2 Å². The van der Waals surface area contributed by atoms with Gasteiger partial charge in [0.15, 0.2) is 0 Å². The molecule has 21 heavy (non-hydrogen) atoms. The highest BCUT2D eigenvalue weighted by atomic mass is 79.9. The summed E-state index contributed by atoms with van der Waals surface area (Å²) in [5, 5.41) is 3.24. The summed E-state index contributed by atoms with van der Waals surface area (Å²) < 4.78 is 1.15. The van der Waals surface area contributed by atoms with E-state index >= 15 is 0 Å². The first-order valence-corrected chi connectivity index (χ1v) is 9.45. The van der Waals surface area contributed by atoms with Gasteiger partial charge in [-0.3, -0.25) is 9.69 Å². The van der Waals surface area contributed by atoms with Gasteiger partial charge in [0.2, 0.25) is 5.91 Å². The van der Waals surface area contributed by atoms with E-state index in [-0.39, 0.29) is 5.91 Å². The zero-order valence-electron chi connectivity index (χ0n) is 12.9. The third-order valence-corrected chi connectivity index (χ3v) is 5.89. The topological polar surface area (TPSA) is 32.3 Å². The summed E-state index contributed by atoms with van der Waals surface area (Å²) in [6.07, 6.45) is 4.93. The molecule has 0 saturated heterocycles. The first-order chi connectivity index (χ1) is 10.1. The molecule has 1 saturated carbocycles. The van der Waals surface area contributed by atoms with Gasteiger partial charge in [-0.15, -0.1) is 11.3 Å². The maximum absolute atomic E-state index is 12.3. The molecule has 5 heteroatoms. The normalized spacial score (nSPS) is 22.5. The number of carbonyl (C=O) groups excluding carboxylic acids is 1. The van der Waals surface area contributed by atoms with Crippen molar-refractivity contribution in [2.75, 3.05) is 13.1 Å². The van der Waals surface area contributed by atoms with E-state index < -0.39 is 0 Å². The second-order valence-electron chi connectivity index (χ2n) is 5.94. The summed E-state index contributed by atoms with van der Waals surface area (Å²) in [5.74, 6) is 0.789. The molecule has 1 aromatic heterocycles. The molecular formula is C16H25BrN2OS. The Kier molecular flexibility index (Phi) is 6.71. The van der Waals surface area contributed by atoms with Crippen molar-refractivity contribution < 1.29 is 4.79 Å². The average Bonchev–Trinajstić information content (AvgIpc) is 2.86. The molecule has 1 fully saturated rings. The van der Waals surface area contributed by atoms with Crippen LogP contribution in [-0.4, -0.2) is 29.9 Å². The number of halogens is 1. The van der Waals surface area contributed by atoms with Crippen molar-refractivity contribution in [2.24, 2.45) is 5.92 Å². The number of rotatable bonds is 6. The monoisotopic (exact) mass is 372 g/mol. The van der Waals surface area contributed by atoms with Gasteiger partial charge in [-0.05, 0) is 53.4 Å². The summed E-state index contributed by atoms with van der Waals surface area (Å²) in [5.41, 5.74) is 0. The molecule has 0 radical (unpaired) electrons. The fourth-order valence-electron chi connectivity index (χ4n) is 2.92. The van der Waals surface area contributed by atoms with Crippen LogP contribution in [0.3, 0.4) is 0 Å². The Labute approximate surface area is 140 Å². The summed E-state index contributed by atoms with van der Waals surface area (Å²) in [6.45, 7) is 6.60. The zero-order valence-corrected chi connectivity index (χ0v) is 15.3. The van der Waals surface area contributed by atoms with E-state index in [2.05, 4.69) is 52.1 Å². The predicted octanol–water partition coefficient (Wildman–Crippen LogP) is 4.03. The number of hydrogen-bond acceptors (Lipinski definition) is 3. The van der Waals surface area contributed by atoms with E-state index in [9.17, 15) is 4.79 Å². The smallest absolute Gasteiger partial charge is 0.234 e. The van der Waals surface area contributed by atoms with Crippen LogP contribution in [0.4, 0.5) is 0 Å². The number of nitrogens with one attached hydrogen (secondary N) is 1. The molecule has 1 heterocycles. The molecule has 1 aromatic rings. The SMILES string of the molecule is CCN(CC(=O)NC1CCCCC1C)Cc1ccc(Br)s1. The lowest BCUT2D eigenvalue weighted by atomic mass is 9.86. The Bertz CT molecular complexity index is 463. The molecule has 0 aromatic carbocycles. The van der Waals surface area contributed by atoms with Crippen LogP contribution in [0.5, 0.6) is 0 Å². The van der Waals surface area contributed by atoms with Crippen molar-refractivity contribution in [1.82, 2.24) is 10.2 Å². The van der Waals surface area contributed by atoms with Gasteiger partial charge in [0.05, 0.1) is 10.3 Å². The third-order valence-electron chi connectivity index (χ3n) is 4.28. The molecule has 1 N–H and O–H groups in total. The van der Waals surface area contributed by atoms with E-state index in [1.807, 2.05) is 0 Å². The maximum Gasteiger partial charge on any atom is 0.234 e. The van der Waals surface area contributed by atoms with Gasteiger partial charge in [-0.2, -0.15) is 0 Å². The minimum Gasteiger partial charge on any atom is -0.352 e. The Morgan fingerprint density at radius 2 is 2.19 bits per heavy atom. The standard InChI is InChI=1S/C16H25BrN2OS/c1-3-19(10-13-8-9-15(17)21-13)11-16(20)18-14-7-5-4-6-12(14)2/h8-9,12,14H,3-7,10-11H2,1-2H3,(H,18,20). The maximum atomic E-state index is 12.3. The minimum atomic E-state index is 0.172. The average molecular weight is 373 g/mol. The van der Waals surface area contributed by atoms with Gasteiger partial charge in [-0.25, -0.2) is 0 Å². The molecule has 118 valence electrons. The molecule has 2 unspecified atom stereocenters. The van der Waals surface area contributed by atoms with Crippen molar-refractivity contribution in [2.45, 2.75) is 52.1 Å². The van der Waals surface area contributed by atoms with Crippen LogP contribution in [-0.2, 0) is 11.3 Å². The number of nitrogens with zero attached hydrogens (tertiary/aromatic N) is 1. The van der Waals surface area contributed by atoms with Gasteiger partial charge in [0.25, 0.3) is 0 Å². The van der Waals surface area contributed by atoms with Crippen LogP contribution >= 0.6 is 27.3 Å². The highest BCUT2D eigenvalue weighted by Crippen LogP contribution is 2.24. The number of carbonyl (C=O) groups is 1. The number of thiophene rings is 1. The quantitative estimate of drug-likeness (QED) is 0.817. The van der Waals surface area contributed by atoms with Crippen LogP contribution in [0.2, 0.25) is 0 Å². The molecular weight excluding hydrogens is 348 g/mol. The second kappa shape index (κ2) is 8.30. The third kappa shape index (κ3) is 5.38. The van der Waals surface area contributed by atoms with Gasteiger partial charge in [0.1, 0.15) is 0 Å². The van der Waals surface area contributed by atoms with Gasteiger partial charge in [-0.1, -0.05) is 26.7 Å². The molecule has 3 nitrogen and oxygen atoms in total. The fraction of sp³-hybridized carbons (Fsp3) is 0.688. The van der Waals surface area contributed by atoms with Crippen LogP contribution in [0.1, 0.15) is 44.4 Å². The van der Waals surface area contributed by atoms with Crippen LogP contribution < -0.4 is 5.32 Å². The van der Waals surface area contributed by atoms with Gasteiger partial charge in [0, 0.05) is 17.5 Å². The van der Waals surface area contributed by atoms with Crippen molar-refractivity contribution in [3.05, 3.63) is 20.8 Å². The number of amides is 1. The summed E-state index contributed by atoms with van der Waals surface area (Å²) in [4.78, 5) is 15.8. The van der Waals surface area contributed by atoms with Crippen LogP contribution in [0, 0.1) is 5.92 Å². The van der Waals surface area contributed by atoms with E-state index in [0.29, 0.717) is 18.5 Å². The molecule has 2 atom stereocenters. The largest absolute Gasteiger partial charge is 0.352 e. The van der Waals surface area contributed by atoms with E-state index in [1.165, 1.54) is 24.1 Å². The van der Waals surface area contributed by atoms with Gasteiger partial charge >= 0.3 is 0 Å². The predicted molar refractivity (Wildman–Crippen MR) is 92.5 cm³/mol. The second-order valence-corrected chi connectivity index (χ2v) is 8.49. The lowest BCUT2D eigenvalue weighted by Crippen LogP contribution is -2.45. The molecule has 2 rings (SSSR count). The summed E-state index contributed by atoms with van der Waals surface area (Å²) in [7, 11) is 0. The minimum absolute atomic E-state index is 0.172. The lowest BCUT2D eigenvalue weighted by molar-refractivity contribution is -0.123. The molecule has 0 spiro atoms. The summed E-state index contributed by atoms with van der Waals surface area (Å²) >= 11 is 5.23. The fourth-order valence-corrected chi connectivity index (χ4v) is 4.45. The molecule has 0 aliphatic heterocycles. The van der Waals surface area contributed by atoms with E-state index in [0.717, 1.165) is 23.3 Å². The summed E-state index contributed by atoms with van der Waals surface area (Å²) in [6, 6.07) is 4.57. The first kappa shape index (κ1) is 17.0. The Morgan fingerprint density at radius 3 is 2.81 bits per heavy atom. The highest BCUT2D eigenvalue weighted by molar-refractivity contribution is 9.11. The van der Waals surface area contributed by atoms with Crippen LogP contribution in [0.25, 0.3) is 0 Å². The van der Waals surface area contributed by atoms with E-state index in [1.54, 1.807) is 11.3 Å². The first-order valence-electron chi connectivity index (χ1n) is 7.84. The molecule has 0 bridgehead atoms. The lowest BCUT2D eigenvalue weighted by Gasteiger charge is -2.30. The van der Waals surface area contributed by atoms with Crippen LogP contribution in [0.15, 0.2) is 15.9 Å². The van der Waals surface area contributed by atoms with Crippen molar-refractivity contribution in [3.8, 4) is 0 Å². The van der Waals surface area contributed by atoms with Crippen molar-refractivity contribution in [1.29, 1.82) is 0 Å². The Hall–Kier alpha value is -0.390. The zero-order chi connectivity index (χ0) is 15.2. The van der Waals surface area contributed by atoms with Gasteiger partial charge < -0.3 is 5.32 Å². The Balaban J connectivity index is 1.81. The Morgan fingerprint density at radius 1 is 1.43 bits per heavy atom. The molecule has 1 amide bonds. The molecule has 1 aliphatic carbocycles. The van der Waals surface area contributed by atoms with Crippen molar-refractivity contribution in [3.63, 3.8) is 0 Å². The highest BCUT2D eigenvalue weighted by Gasteiger charge is 2.23. The molecule has 1 aliphatic rings.